The van der Waals surface area contributed by atoms with Gasteiger partial charge >= 0.3 is 0 Å². The van der Waals surface area contributed by atoms with Crippen molar-refractivity contribution in [1.82, 2.24) is 14.9 Å². The zero-order valence-electron chi connectivity index (χ0n) is 17.1. The lowest BCUT2D eigenvalue weighted by Gasteiger charge is -2.16. The van der Waals surface area contributed by atoms with Gasteiger partial charge < -0.3 is 24.7 Å². The topological polar surface area (TPSA) is 94.5 Å². The number of carbonyl (C=O) groups is 2. The van der Waals surface area contributed by atoms with Gasteiger partial charge in [0.2, 0.25) is 5.91 Å². The number of rotatable bonds is 8. The fourth-order valence-electron chi connectivity index (χ4n) is 3.08. The molecule has 1 aromatic heterocycles. The second kappa shape index (κ2) is 9.60. The molecule has 1 heterocycles. The van der Waals surface area contributed by atoms with E-state index in [9.17, 15) is 9.59 Å². The van der Waals surface area contributed by atoms with Crippen LogP contribution in [-0.4, -0.2) is 42.1 Å². The molecule has 0 saturated heterocycles. The Balaban J connectivity index is 1.85. The van der Waals surface area contributed by atoms with Crippen molar-refractivity contribution < 1.29 is 19.1 Å². The van der Waals surface area contributed by atoms with Gasteiger partial charge in [-0.2, -0.15) is 0 Å². The van der Waals surface area contributed by atoms with Gasteiger partial charge in [0.25, 0.3) is 5.91 Å². The first kappa shape index (κ1) is 20.9. The molecule has 0 atom stereocenters. The van der Waals surface area contributed by atoms with Gasteiger partial charge in [0.1, 0.15) is 12.4 Å². The highest BCUT2D eigenvalue weighted by Crippen LogP contribution is 2.36. The molecule has 0 saturated carbocycles. The summed E-state index contributed by atoms with van der Waals surface area (Å²) in [4.78, 5) is 29.4. The maximum atomic E-state index is 12.8. The Bertz CT molecular complexity index is 1030. The molecular formula is C22H24N4O4. The second-order valence-electron chi connectivity index (χ2n) is 6.41. The summed E-state index contributed by atoms with van der Waals surface area (Å²) in [6.07, 6.45) is 3.39. The number of imidazole rings is 1. The van der Waals surface area contributed by atoms with Crippen molar-refractivity contribution >= 4 is 17.5 Å². The quantitative estimate of drug-likeness (QED) is 0.598. The highest BCUT2D eigenvalue weighted by Gasteiger charge is 2.18. The smallest absolute Gasteiger partial charge is 0.251 e. The molecule has 2 amide bonds. The molecule has 0 radical (unpaired) electrons. The van der Waals surface area contributed by atoms with E-state index in [1.54, 1.807) is 29.1 Å². The zero-order valence-corrected chi connectivity index (χ0v) is 17.1. The molecule has 3 rings (SSSR count). The van der Waals surface area contributed by atoms with Crippen molar-refractivity contribution in [2.45, 2.75) is 13.5 Å². The van der Waals surface area contributed by atoms with Crippen LogP contribution >= 0.6 is 0 Å². The predicted molar refractivity (Wildman–Crippen MR) is 114 cm³/mol. The van der Waals surface area contributed by atoms with Crippen LogP contribution < -0.4 is 20.1 Å². The predicted octanol–water partition coefficient (Wildman–Crippen LogP) is 2.96. The first-order valence-electron chi connectivity index (χ1n) is 9.48. The first-order valence-corrected chi connectivity index (χ1v) is 9.48. The number of carbonyl (C=O) groups excluding carboxylic acids is 2. The Morgan fingerprint density at radius 2 is 1.87 bits per heavy atom. The number of methoxy groups -OCH3 is 2. The summed E-state index contributed by atoms with van der Waals surface area (Å²) >= 11 is 0. The van der Waals surface area contributed by atoms with Crippen LogP contribution in [0.15, 0.2) is 54.9 Å². The average Bonchev–Trinajstić information content (AvgIpc) is 3.21. The second-order valence-corrected chi connectivity index (χ2v) is 6.41. The summed E-state index contributed by atoms with van der Waals surface area (Å²) in [5, 5.41) is 5.55. The average molecular weight is 408 g/mol. The Morgan fingerprint density at radius 1 is 1.10 bits per heavy atom. The molecule has 0 spiro atoms. The van der Waals surface area contributed by atoms with Crippen LogP contribution in [-0.2, 0) is 11.3 Å². The van der Waals surface area contributed by atoms with Gasteiger partial charge in [0, 0.05) is 30.1 Å². The minimum Gasteiger partial charge on any atom is -0.493 e. The first-order chi connectivity index (χ1) is 14.6. The number of aromatic nitrogens is 2. The Kier molecular flexibility index (Phi) is 6.69. The van der Waals surface area contributed by atoms with E-state index in [0.29, 0.717) is 35.1 Å². The number of anilines is 1. The summed E-state index contributed by atoms with van der Waals surface area (Å²) in [6.45, 7) is 2.36. The van der Waals surface area contributed by atoms with Gasteiger partial charge in [0.15, 0.2) is 11.5 Å². The molecule has 0 aliphatic rings. The normalized spacial score (nSPS) is 10.4. The minimum absolute atomic E-state index is 0.0427. The Labute approximate surface area is 174 Å². The fourth-order valence-corrected chi connectivity index (χ4v) is 3.08. The summed E-state index contributed by atoms with van der Waals surface area (Å²) in [5.74, 6) is 0.817. The third-order valence-corrected chi connectivity index (χ3v) is 4.41. The number of nitrogens with one attached hydrogen (secondary N) is 2. The van der Waals surface area contributed by atoms with Crippen LogP contribution in [0.25, 0.3) is 11.4 Å². The third kappa shape index (κ3) is 4.60. The molecule has 0 aliphatic carbocycles. The molecule has 2 N–H and O–H groups in total. The molecule has 0 aliphatic heterocycles. The fraction of sp³-hybridized carbons (Fsp3) is 0.227. The number of ether oxygens (including phenoxy) is 2. The molecule has 0 bridgehead atoms. The van der Waals surface area contributed by atoms with Crippen LogP contribution in [0.4, 0.5) is 5.69 Å². The van der Waals surface area contributed by atoms with E-state index in [4.69, 9.17) is 9.47 Å². The van der Waals surface area contributed by atoms with Crippen LogP contribution in [0.3, 0.4) is 0 Å². The Hall–Kier alpha value is -3.81. The van der Waals surface area contributed by atoms with Crippen LogP contribution in [0, 0.1) is 0 Å². The molecule has 2 aromatic carbocycles. The van der Waals surface area contributed by atoms with E-state index in [1.165, 1.54) is 14.2 Å². The van der Waals surface area contributed by atoms with Crippen molar-refractivity contribution in [3.05, 3.63) is 60.4 Å². The maximum absolute atomic E-state index is 12.8. The molecular weight excluding hydrogens is 384 g/mol. The number of benzene rings is 2. The summed E-state index contributed by atoms with van der Waals surface area (Å²) < 4.78 is 12.5. The number of hydrogen-bond donors (Lipinski definition) is 2. The monoisotopic (exact) mass is 408 g/mol. The van der Waals surface area contributed by atoms with Gasteiger partial charge in [-0.15, -0.1) is 0 Å². The summed E-state index contributed by atoms with van der Waals surface area (Å²) in [7, 11) is 2.95. The molecule has 8 heteroatoms. The van der Waals surface area contributed by atoms with Gasteiger partial charge in [0.05, 0.1) is 19.9 Å². The standard InChI is InChI=1S/C22H24N4O4/c1-4-23-22(28)16-12-17(20(30-3)18(13-16)29-2)25-19(27)14-26-11-10-24-21(26)15-8-6-5-7-9-15/h5-13H,4,14H2,1-3H3,(H,23,28)(H,25,27). The molecule has 8 nitrogen and oxygen atoms in total. The summed E-state index contributed by atoms with van der Waals surface area (Å²) in [5.41, 5.74) is 1.62. The van der Waals surface area contributed by atoms with E-state index in [0.717, 1.165) is 5.56 Å². The van der Waals surface area contributed by atoms with Crippen molar-refractivity contribution in [3.63, 3.8) is 0 Å². The molecule has 0 fully saturated rings. The largest absolute Gasteiger partial charge is 0.493 e. The highest BCUT2D eigenvalue weighted by molar-refractivity contribution is 5.99. The number of nitrogens with zero attached hydrogens (tertiary/aromatic N) is 2. The third-order valence-electron chi connectivity index (χ3n) is 4.41. The molecule has 30 heavy (non-hydrogen) atoms. The van der Waals surface area contributed by atoms with Crippen LogP contribution in [0.5, 0.6) is 11.5 Å². The molecule has 3 aromatic rings. The van der Waals surface area contributed by atoms with Gasteiger partial charge in [-0.1, -0.05) is 30.3 Å². The SMILES string of the molecule is CCNC(=O)c1cc(NC(=O)Cn2ccnc2-c2ccccc2)c(OC)c(OC)c1. The van der Waals surface area contributed by atoms with E-state index in [2.05, 4.69) is 15.6 Å². The van der Waals surface area contributed by atoms with Crippen molar-refractivity contribution in [3.8, 4) is 22.9 Å². The van der Waals surface area contributed by atoms with Crippen molar-refractivity contribution in [2.75, 3.05) is 26.1 Å². The van der Waals surface area contributed by atoms with E-state index in [-0.39, 0.29) is 18.4 Å². The lowest BCUT2D eigenvalue weighted by Crippen LogP contribution is -2.23. The van der Waals surface area contributed by atoms with Crippen molar-refractivity contribution in [1.29, 1.82) is 0 Å². The number of hydrogen-bond acceptors (Lipinski definition) is 5. The van der Waals surface area contributed by atoms with Gasteiger partial charge in [-0.05, 0) is 19.1 Å². The van der Waals surface area contributed by atoms with Crippen LogP contribution in [0.2, 0.25) is 0 Å². The molecule has 156 valence electrons. The Morgan fingerprint density at radius 3 is 2.53 bits per heavy atom. The van der Waals surface area contributed by atoms with E-state index >= 15 is 0 Å². The maximum Gasteiger partial charge on any atom is 0.251 e. The lowest BCUT2D eigenvalue weighted by atomic mass is 10.1. The minimum atomic E-state index is -0.293. The van der Waals surface area contributed by atoms with E-state index < -0.39 is 0 Å². The molecule has 0 unspecified atom stereocenters. The van der Waals surface area contributed by atoms with Gasteiger partial charge in [-0.3, -0.25) is 9.59 Å². The van der Waals surface area contributed by atoms with Crippen molar-refractivity contribution in [2.24, 2.45) is 0 Å². The zero-order chi connectivity index (χ0) is 21.5. The lowest BCUT2D eigenvalue weighted by molar-refractivity contribution is -0.116. The summed E-state index contributed by atoms with van der Waals surface area (Å²) in [6, 6.07) is 12.8. The van der Waals surface area contributed by atoms with Crippen LogP contribution in [0.1, 0.15) is 17.3 Å². The van der Waals surface area contributed by atoms with E-state index in [1.807, 2.05) is 37.3 Å². The highest BCUT2D eigenvalue weighted by atomic mass is 16.5. The number of amides is 2. The van der Waals surface area contributed by atoms with Gasteiger partial charge in [-0.25, -0.2) is 4.98 Å².